The molecule has 1 atom stereocenters. The van der Waals surface area contributed by atoms with Gasteiger partial charge in [-0.15, -0.1) is 0 Å². The predicted octanol–water partition coefficient (Wildman–Crippen LogP) is 7.55. The minimum absolute atomic E-state index is 0.0241. The molecule has 1 heterocycles. The van der Waals surface area contributed by atoms with E-state index in [4.69, 9.17) is 14.2 Å². The SMILES string of the molecule is Cc1ccc(C(=O)OCc2ccc(C(CNC(=O)OC(C)(C)C)C(=O)Nc3ccc(-c4cnn(C(=O)OC(C)(C)C)c4)cc3)cc2)c(C)c1. The van der Waals surface area contributed by atoms with E-state index < -0.39 is 35.3 Å². The smallest absolute Gasteiger partial charge is 0.435 e. The van der Waals surface area contributed by atoms with Crippen LogP contribution in [0.15, 0.2) is 79.1 Å². The van der Waals surface area contributed by atoms with Crippen LogP contribution in [0, 0.1) is 13.8 Å². The normalized spacial score (nSPS) is 12.1. The maximum absolute atomic E-state index is 13.6. The van der Waals surface area contributed by atoms with Crippen LogP contribution in [-0.2, 0) is 25.6 Å². The molecule has 0 aliphatic carbocycles. The molecule has 4 rings (SSSR count). The van der Waals surface area contributed by atoms with Gasteiger partial charge in [-0.05, 0) is 95.8 Å². The van der Waals surface area contributed by atoms with Crippen molar-refractivity contribution in [3.8, 4) is 11.1 Å². The highest BCUT2D eigenvalue weighted by atomic mass is 16.6. The number of hydrogen-bond donors (Lipinski definition) is 2. The van der Waals surface area contributed by atoms with E-state index in [2.05, 4.69) is 15.7 Å². The minimum Gasteiger partial charge on any atom is -0.457 e. The number of aromatic nitrogens is 2. The van der Waals surface area contributed by atoms with Crippen LogP contribution in [0.2, 0.25) is 0 Å². The first-order chi connectivity index (χ1) is 23.0. The molecule has 3 aromatic carbocycles. The Hall–Kier alpha value is -5.45. The van der Waals surface area contributed by atoms with E-state index in [1.165, 1.54) is 0 Å². The zero-order chi connectivity index (χ0) is 35.9. The van der Waals surface area contributed by atoms with Crippen molar-refractivity contribution in [3.63, 3.8) is 0 Å². The molecule has 258 valence electrons. The highest BCUT2D eigenvalue weighted by molar-refractivity contribution is 5.96. The third-order valence-corrected chi connectivity index (χ3v) is 7.17. The third-order valence-electron chi connectivity index (χ3n) is 7.17. The summed E-state index contributed by atoms with van der Waals surface area (Å²) in [4.78, 5) is 51.1. The second-order valence-corrected chi connectivity index (χ2v) is 13.8. The molecular formula is C38H44N4O7. The van der Waals surface area contributed by atoms with Crippen molar-refractivity contribution in [1.82, 2.24) is 15.1 Å². The molecule has 0 bridgehead atoms. The number of alkyl carbamates (subject to hydrolysis) is 1. The number of nitrogens with one attached hydrogen (secondary N) is 2. The number of benzene rings is 3. The molecule has 0 spiro atoms. The average molecular weight is 669 g/mol. The maximum atomic E-state index is 13.6. The lowest BCUT2D eigenvalue weighted by Gasteiger charge is -2.22. The van der Waals surface area contributed by atoms with Gasteiger partial charge in [0, 0.05) is 24.0 Å². The van der Waals surface area contributed by atoms with Crippen molar-refractivity contribution in [2.45, 2.75) is 79.1 Å². The first-order valence-electron chi connectivity index (χ1n) is 16.0. The minimum atomic E-state index is -0.772. The molecule has 1 aromatic heterocycles. The number of ether oxygens (including phenoxy) is 3. The van der Waals surface area contributed by atoms with Crippen LogP contribution in [0.1, 0.15) is 80.1 Å². The average Bonchev–Trinajstić information content (AvgIpc) is 3.50. The lowest BCUT2D eigenvalue weighted by molar-refractivity contribution is -0.117. The molecule has 4 aromatic rings. The van der Waals surface area contributed by atoms with E-state index in [0.717, 1.165) is 26.9 Å². The monoisotopic (exact) mass is 668 g/mol. The van der Waals surface area contributed by atoms with Gasteiger partial charge >= 0.3 is 18.2 Å². The Bertz CT molecular complexity index is 1800. The van der Waals surface area contributed by atoms with Gasteiger partial charge in [0.1, 0.15) is 17.8 Å². The van der Waals surface area contributed by atoms with Crippen molar-refractivity contribution in [1.29, 1.82) is 0 Å². The van der Waals surface area contributed by atoms with Crippen LogP contribution >= 0.6 is 0 Å². The molecule has 49 heavy (non-hydrogen) atoms. The molecule has 1 unspecified atom stereocenters. The number of carbonyl (C=O) groups is 4. The van der Waals surface area contributed by atoms with Crippen molar-refractivity contribution in [2.24, 2.45) is 0 Å². The van der Waals surface area contributed by atoms with Gasteiger partial charge in [0.05, 0.1) is 17.7 Å². The summed E-state index contributed by atoms with van der Waals surface area (Å²) in [6, 6.07) is 19.7. The first kappa shape index (κ1) is 36.4. The van der Waals surface area contributed by atoms with Crippen LogP contribution < -0.4 is 10.6 Å². The number of aryl methyl sites for hydroxylation is 2. The second-order valence-electron chi connectivity index (χ2n) is 13.8. The number of anilines is 1. The van der Waals surface area contributed by atoms with Gasteiger partial charge in [-0.3, -0.25) is 4.79 Å². The van der Waals surface area contributed by atoms with Gasteiger partial charge in [0.2, 0.25) is 5.91 Å². The molecule has 0 aliphatic heterocycles. The van der Waals surface area contributed by atoms with E-state index in [1.54, 1.807) is 109 Å². The Morgan fingerprint density at radius 2 is 1.47 bits per heavy atom. The molecule has 0 radical (unpaired) electrons. The highest BCUT2D eigenvalue weighted by Gasteiger charge is 2.24. The Morgan fingerprint density at radius 1 is 0.816 bits per heavy atom. The Labute approximate surface area is 287 Å². The fourth-order valence-electron chi connectivity index (χ4n) is 4.83. The first-order valence-corrected chi connectivity index (χ1v) is 16.0. The van der Waals surface area contributed by atoms with Crippen molar-refractivity contribution in [2.75, 3.05) is 11.9 Å². The topological polar surface area (TPSA) is 138 Å². The van der Waals surface area contributed by atoms with Gasteiger partial charge in [-0.1, -0.05) is 54.1 Å². The van der Waals surface area contributed by atoms with Crippen LogP contribution in [0.25, 0.3) is 11.1 Å². The van der Waals surface area contributed by atoms with Crippen LogP contribution in [0.3, 0.4) is 0 Å². The number of hydrogen-bond acceptors (Lipinski definition) is 8. The molecular weight excluding hydrogens is 624 g/mol. The van der Waals surface area contributed by atoms with Crippen LogP contribution in [0.5, 0.6) is 0 Å². The van der Waals surface area contributed by atoms with Gasteiger partial charge in [-0.25, -0.2) is 14.4 Å². The van der Waals surface area contributed by atoms with Gasteiger partial charge in [-0.2, -0.15) is 9.78 Å². The number of carbonyl (C=O) groups excluding carboxylic acids is 4. The molecule has 0 saturated heterocycles. The summed E-state index contributed by atoms with van der Waals surface area (Å²) in [5.74, 6) is -1.54. The number of rotatable bonds is 9. The van der Waals surface area contributed by atoms with Gasteiger partial charge < -0.3 is 24.8 Å². The standard InChI is InChI=1S/C38H44N4O7/c1-24-9-18-31(25(2)19-24)34(44)47-23-26-10-12-28(13-11-26)32(21-39-35(45)48-37(3,4)5)33(43)41-30-16-14-27(15-17-30)29-20-40-42(22-29)36(46)49-38(6,7)8/h9-20,22,32H,21,23H2,1-8H3,(H,39,45)(H,41,43). The lowest BCUT2D eigenvalue weighted by Crippen LogP contribution is -2.37. The highest BCUT2D eigenvalue weighted by Crippen LogP contribution is 2.24. The van der Waals surface area contributed by atoms with Gasteiger partial charge in [0.25, 0.3) is 0 Å². The summed E-state index contributed by atoms with van der Waals surface area (Å²) in [5.41, 5.74) is 4.46. The molecule has 0 fully saturated rings. The lowest BCUT2D eigenvalue weighted by atomic mass is 9.96. The molecule has 11 heteroatoms. The summed E-state index contributed by atoms with van der Waals surface area (Å²) in [5, 5.41) is 9.74. The van der Waals surface area contributed by atoms with Crippen LogP contribution in [0.4, 0.5) is 15.3 Å². The number of amides is 2. The number of nitrogens with zero attached hydrogens (tertiary/aromatic N) is 2. The van der Waals surface area contributed by atoms with E-state index in [-0.39, 0.29) is 19.1 Å². The van der Waals surface area contributed by atoms with Crippen molar-refractivity contribution < 1.29 is 33.4 Å². The summed E-state index contributed by atoms with van der Waals surface area (Å²) >= 11 is 0. The summed E-state index contributed by atoms with van der Waals surface area (Å²) < 4.78 is 17.4. The summed E-state index contributed by atoms with van der Waals surface area (Å²) in [6.07, 6.45) is 1.91. The quantitative estimate of drug-likeness (QED) is 0.138. The summed E-state index contributed by atoms with van der Waals surface area (Å²) in [6.45, 7) is 14.5. The number of esters is 1. The van der Waals surface area contributed by atoms with E-state index >= 15 is 0 Å². The van der Waals surface area contributed by atoms with Crippen LogP contribution in [-0.4, -0.2) is 51.6 Å². The Balaban J connectivity index is 1.45. The summed E-state index contributed by atoms with van der Waals surface area (Å²) in [7, 11) is 0. The van der Waals surface area contributed by atoms with E-state index in [9.17, 15) is 19.2 Å². The molecule has 11 nitrogen and oxygen atoms in total. The van der Waals surface area contributed by atoms with Gasteiger partial charge in [0.15, 0.2) is 0 Å². The Kier molecular flexibility index (Phi) is 11.3. The maximum Gasteiger partial charge on any atom is 0.435 e. The second kappa shape index (κ2) is 15.2. The third kappa shape index (κ3) is 10.8. The Morgan fingerprint density at radius 3 is 2.08 bits per heavy atom. The van der Waals surface area contributed by atoms with Crippen molar-refractivity contribution in [3.05, 3.63) is 107 Å². The molecule has 0 saturated carbocycles. The largest absolute Gasteiger partial charge is 0.457 e. The zero-order valence-corrected chi connectivity index (χ0v) is 29.2. The van der Waals surface area contributed by atoms with E-state index in [1.807, 2.05) is 26.0 Å². The fraction of sp³-hybridized carbons (Fsp3) is 0.342. The fourth-order valence-corrected chi connectivity index (χ4v) is 4.83. The van der Waals surface area contributed by atoms with E-state index in [0.29, 0.717) is 22.4 Å². The van der Waals surface area contributed by atoms with Crippen molar-refractivity contribution >= 4 is 29.8 Å². The molecule has 0 aliphatic rings. The zero-order valence-electron chi connectivity index (χ0n) is 29.2. The predicted molar refractivity (Wildman–Crippen MR) is 186 cm³/mol. The molecule has 2 N–H and O–H groups in total. The molecule has 2 amide bonds.